The molecular formula is C12H20O3. The topological polar surface area (TPSA) is 46.5 Å². The van der Waals surface area contributed by atoms with Gasteiger partial charge in [-0.25, -0.2) is 4.79 Å². The highest BCUT2D eigenvalue weighted by Crippen LogP contribution is 2.35. The van der Waals surface area contributed by atoms with Crippen molar-refractivity contribution in [1.29, 1.82) is 0 Å². The van der Waals surface area contributed by atoms with Gasteiger partial charge in [-0.2, -0.15) is 5.26 Å². The molecule has 0 aromatic heterocycles. The summed E-state index contributed by atoms with van der Waals surface area (Å²) >= 11 is 0. The molecule has 0 aliphatic heterocycles. The van der Waals surface area contributed by atoms with E-state index in [0.717, 1.165) is 0 Å². The Morgan fingerprint density at radius 2 is 1.93 bits per heavy atom. The molecule has 0 aliphatic rings. The van der Waals surface area contributed by atoms with E-state index in [4.69, 9.17) is 5.26 Å². The molecule has 0 heterocycles. The molecule has 0 saturated carbocycles. The Bertz CT molecular complexity index is 273. The quantitative estimate of drug-likeness (QED) is 0.337. The second-order valence-electron chi connectivity index (χ2n) is 4.36. The van der Waals surface area contributed by atoms with Gasteiger partial charge >= 0.3 is 5.97 Å². The largest absolute Gasteiger partial charge is 0.369 e. The maximum Gasteiger partial charge on any atom is 0.369 e. The number of carbonyl (C=O) groups excluding carboxylic acids is 1. The van der Waals surface area contributed by atoms with Gasteiger partial charge in [0.05, 0.1) is 0 Å². The van der Waals surface area contributed by atoms with Crippen molar-refractivity contribution in [3.8, 4) is 0 Å². The van der Waals surface area contributed by atoms with Crippen molar-refractivity contribution in [2.24, 2.45) is 11.3 Å². The lowest BCUT2D eigenvalue weighted by molar-refractivity contribution is -0.230. The molecular weight excluding hydrogens is 192 g/mol. The minimum Gasteiger partial charge on any atom is -0.296 e. The summed E-state index contributed by atoms with van der Waals surface area (Å²) in [6.45, 7) is 9.80. The smallest absolute Gasteiger partial charge is 0.296 e. The number of hydrogen-bond donors (Lipinski definition) is 1. The molecule has 0 amide bonds. The first kappa shape index (κ1) is 13.9. The average Bonchev–Trinajstić information content (AvgIpc) is 2.17. The second kappa shape index (κ2) is 5.71. The maximum absolute atomic E-state index is 11.4. The minimum atomic E-state index is -0.688. The number of carbonyl (C=O) groups is 1. The van der Waals surface area contributed by atoms with Crippen LogP contribution in [0.15, 0.2) is 23.8 Å². The van der Waals surface area contributed by atoms with E-state index in [1.807, 2.05) is 40.7 Å². The fraction of sp³-hybridized carbons (Fsp3) is 0.583. The SMILES string of the molecule is CC=CC=C(C(=O)OO)C(C)(C)C(C)C. The van der Waals surface area contributed by atoms with Crippen molar-refractivity contribution < 1.29 is 14.9 Å². The standard InChI is InChI=1S/C12H20O3/c1-6-7-8-10(11(13)15-14)12(4,5)9(2)3/h6-9,14H,1-5H3. The van der Waals surface area contributed by atoms with Crippen LogP contribution < -0.4 is 0 Å². The van der Waals surface area contributed by atoms with Crippen LogP contribution in [0.2, 0.25) is 0 Å². The summed E-state index contributed by atoms with van der Waals surface area (Å²) in [4.78, 5) is 15.2. The van der Waals surface area contributed by atoms with E-state index < -0.39 is 5.97 Å². The normalized spacial score (nSPS) is 13.7. The van der Waals surface area contributed by atoms with Gasteiger partial charge in [0, 0.05) is 5.57 Å². The maximum atomic E-state index is 11.4. The molecule has 0 aliphatic carbocycles. The van der Waals surface area contributed by atoms with Crippen LogP contribution in [-0.2, 0) is 9.68 Å². The molecule has 0 aromatic rings. The zero-order chi connectivity index (χ0) is 12.1. The summed E-state index contributed by atoms with van der Waals surface area (Å²) < 4.78 is 0. The highest BCUT2D eigenvalue weighted by Gasteiger charge is 2.32. The summed E-state index contributed by atoms with van der Waals surface area (Å²) in [5.41, 5.74) is 0.136. The second-order valence-corrected chi connectivity index (χ2v) is 4.36. The molecule has 3 heteroatoms. The van der Waals surface area contributed by atoms with Crippen molar-refractivity contribution in [2.75, 3.05) is 0 Å². The summed E-state index contributed by atoms with van der Waals surface area (Å²) in [7, 11) is 0. The lowest BCUT2D eigenvalue weighted by atomic mass is 9.74. The third-order valence-electron chi connectivity index (χ3n) is 2.90. The van der Waals surface area contributed by atoms with E-state index in [-0.39, 0.29) is 11.3 Å². The zero-order valence-corrected chi connectivity index (χ0v) is 10.1. The molecule has 86 valence electrons. The first-order chi connectivity index (χ1) is 6.87. The first-order valence-corrected chi connectivity index (χ1v) is 5.07. The van der Waals surface area contributed by atoms with Crippen molar-refractivity contribution in [1.82, 2.24) is 0 Å². The average molecular weight is 212 g/mol. The van der Waals surface area contributed by atoms with Gasteiger partial charge in [-0.15, -0.1) is 0 Å². The number of allylic oxidation sites excluding steroid dienone is 3. The summed E-state index contributed by atoms with van der Waals surface area (Å²) in [5, 5.41) is 8.44. The Hall–Kier alpha value is -1.09. The predicted octanol–water partition coefficient (Wildman–Crippen LogP) is 3.19. The third kappa shape index (κ3) is 3.51. The lowest BCUT2D eigenvalue weighted by Gasteiger charge is -2.30. The third-order valence-corrected chi connectivity index (χ3v) is 2.90. The Balaban J connectivity index is 5.20. The molecule has 0 unspecified atom stereocenters. The molecule has 15 heavy (non-hydrogen) atoms. The van der Waals surface area contributed by atoms with Crippen LogP contribution in [0.4, 0.5) is 0 Å². The van der Waals surface area contributed by atoms with Crippen LogP contribution in [0.1, 0.15) is 34.6 Å². The van der Waals surface area contributed by atoms with Gasteiger partial charge in [0.15, 0.2) is 0 Å². The van der Waals surface area contributed by atoms with Gasteiger partial charge in [0.1, 0.15) is 0 Å². The van der Waals surface area contributed by atoms with E-state index in [9.17, 15) is 4.79 Å². The fourth-order valence-corrected chi connectivity index (χ4v) is 1.10. The van der Waals surface area contributed by atoms with E-state index in [2.05, 4.69) is 4.89 Å². The summed E-state index contributed by atoms with van der Waals surface area (Å²) in [6.07, 6.45) is 5.26. The van der Waals surface area contributed by atoms with E-state index >= 15 is 0 Å². The molecule has 0 fully saturated rings. The predicted molar refractivity (Wildman–Crippen MR) is 60.2 cm³/mol. The van der Waals surface area contributed by atoms with Gasteiger partial charge in [0.25, 0.3) is 0 Å². The molecule has 0 bridgehead atoms. The molecule has 0 saturated heterocycles. The highest BCUT2D eigenvalue weighted by atomic mass is 17.1. The van der Waals surface area contributed by atoms with Crippen LogP contribution in [0, 0.1) is 11.3 Å². The summed E-state index contributed by atoms with van der Waals surface area (Å²) in [6, 6.07) is 0. The van der Waals surface area contributed by atoms with Crippen molar-refractivity contribution in [2.45, 2.75) is 34.6 Å². The molecule has 0 radical (unpaired) electrons. The van der Waals surface area contributed by atoms with Crippen molar-refractivity contribution >= 4 is 5.97 Å². The fourth-order valence-electron chi connectivity index (χ4n) is 1.10. The Labute approximate surface area is 91.4 Å². The van der Waals surface area contributed by atoms with Gasteiger partial charge in [-0.1, -0.05) is 45.9 Å². The molecule has 1 N–H and O–H groups in total. The first-order valence-electron chi connectivity index (χ1n) is 5.07. The van der Waals surface area contributed by atoms with Gasteiger partial charge < -0.3 is 0 Å². The molecule has 0 rings (SSSR count). The van der Waals surface area contributed by atoms with Gasteiger partial charge in [-0.05, 0) is 18.3 Å². The van der Waals surface area contributed by atoms with E-state index in [1.165, 1.54) is 0 Å². The molecule has 0 aromatic carbocycles. The Morgan fingerprint density at radius 1 is 1.40 bits per heavy atom. The van der Waals surface area contributed by atoms with Gasteiger partial charge in [0.2, 0.25) is 0 Å². The minimum absolute atomic E-state index is 0.271. The van der Waals surface area contributed by atoms with Crippen LogP contribution >= 0.6 is 0 Å². The highest BCUT2D eigenvalue weighted by molar-refractivity contribution is 5.89. The number of rotatable bonds is 4. The number of hydrogen-bond acceptors (Lipinski definition) is 3. The van der Waals surface area contributed by atoms with Crippen LogP contribution in [0.5, 0.6) is 0 Å². The van der Waals surface area contributed by atoms with Crippen LogP contribution in [-0.4, -0.2) is 11.2 Å². The molecule has 0 atom stereocenters. The van der Waals surface area contributed by atoms with E-state index in [0.29, 0.717) is 5.57 Å². The van der Waals surface area contributed by atoms with Crippen molar-refractivity contribution in [3.63, 3.8) is 0 Å². The van der Waals surface area contributed by atoms with E-state index in [1.54, 1.807) is 12.2 Å². The molecule has 0 spiro atoms. The van der Waals surface area contributed by atoms with Crippen molar-refractivity contribution in [3.05, 3.63) is 23.8 Å². The summed E-state index contributed by atoms with van der Waals surface area (Å²) in [5.74, 6) is -0.417. The molecule has 3 nitrogen and oxygen atoms in total. The lowest BCUT2D eigenvalue weighted by Crippen LogP contribution is -2.27. The monoisotopic (exact) mass is 212 g/mol. The van der Waals surface area contributed by atoms with Crippen LogP contribution in [0.3, 0.4) is 0 Å². The zero-order valence-electron chi connectivity index (χ0n) is 10.1. The van der Waals surface area contributed by atoms with Gasteiger partial charge in [-0.3, -0.25) is 4.89 Å². The Kier molecular flexibility index (Phi) is 5.29. The van der Waals surface area contributed by atoms with Crippen LogP contribution in [0.25, 0.3) is 0 Å². The Morgan fingerprint density at radius 3 is 2.27 bits per heavy atom.